The number of nitrogens with two attached hydrogens (primary N) is 1. The van der Waals surface area contributed by atoms with E-state index < -0.39 is 23.5 Å². The lowest BCUT2D eigenvalue weighted by molar-refractivity contribution is 0.0682. The number of halogens is 2. The van der Waals surface area contributed by atoms with E-state index >= 15 is 0 Å². The van der Waals surface area contributed by atoms with Gasteiger partial charge in [0.05, 0.1) is 11.3 Å². The minimum atomic E-state index is -2.84. The average Bonchev–Trinajstić information content (AvgIpc) is 2.16. The quantitative estimate of drug-likeness (QED) is 0.771. The van der Waals surface area contributed by atoms with Gasteiger partial charge < -0.3 is 10.8 Å². The molecule has 1 aromatic heterocycles. The molecule has 0 aliphatic carbocycles. The molecule has 6 heteroatoms. The van der Waals surface area contributed by atoms with Crippen molar-refractivity contribution < 1.29 is 18.7 Å². The van der Waals surface area contributed by atoms with Gasteiger partial charge in [0.1, 0.15) is 0 Å². The Morgan fingerprint density at radius 2 is 2.29 bits per heavy atom. The predicted octanol–water partition coefficient (Wildman–Crippen LogP) is 1.18. The van der Waals surface area contributed by atoms with Crippen molar-refractivity contribution in [2.24, 2.45) is 5.73 Å². The third-order valence-electron chi connectivity index (χ3n) is 1.70. The van der Waals surface area contributed by atoms with Crippen molar-refractivity contribution in [1.82, 2.24) is 4.98 Å². The normalized spacial score (nSPS) is 10.6. The maximum atomic E-state index is 12.4. The van der Waals surface area contributed by atoms with E-state index in [1.807, 2.05) is 0 Å². The molecule has 0 fully saturated rings. The van der Waals surface area contributed by atoms with Gasteiger partial charge in [0.2, 0.25) is 0 Å². The largest absolute Gasteiger partial charge is 0.478 e. The number of carboxylic acids is 1. The molecule has 1 rings (SSSR count). The zero-order valence-electron chi connectivity index (χ0n) is 7.08. The Kier molecular flexibility index (Phi) is 3.08. The van der Waals surface area contributed by atoms with Gasteiger partial charge in [-0.15, -0.1) is 0 Å². The molecule has 0 aliphatic rings. The van der Waals surface area contributed by atoms with Gasteiger partial charge in [0.25, 0.3) is 6.43 Å². The molecule has 0 bridgehead atoms. The molecule has 0 atom stereocenters. The van der Waals surface area contributed by atoms with Gasteiger partial charge in [0.15, 0.2) is 0 Å². The van der Waals surface area contributed by atoms with Gasteiger partial charge in [-0.1, -0.05) is 0 Å². The van der Waals surface area contributed by atoms with Gasteiger partial charge >= 0.3 is 5.97 Å². The first-order valence-electron chi connectivity index (χ1n) is 3.77. The SMILES string of the molecule is NCc1nccc(C(F)F)c1C(=O)O. The van der Waals surface area contributed by atoms with Crippen LogP contribution in [0.5, 0.6) is 0 Å². The molecule has 0 aliphatic heterocycles. The summed E-state index contributed by atoms with van der Waals surface area (Å²) in [6.45, 7) is -0.178. The van der Waals surface area contributed by atoms with E-state index in [-0.39, 0.29) is 12.2 Å². The summed E-state index contributed by atoms with van der Waals surface area (Å²) in [5.74, 6) is -1.44. The Bertz CT molecular complexity index is 355. The Balaban J connectivity index is 3.35. The summed E-state index contributed by atoms with van der Waals surface area (Å²) in [6.07, 6.45) is -1.72. The smallest absolute Gasteiger partial charge is 0.338 e. The minimum Gasteiger partial charge on any atom is -0.478 e. The third kappa shape index (κ3) is 1.85. The maximum Gasteiger partial charge on any atom is 0.338 e. The summed E-state index contributed by atoms with van der Waals surface area (Å²) in [5, 5.41) is 8.70. The van der Waals surface area contributed by atoms with Crippen LogP contribution in [0.15, 0.2) is 12.3 Å². The zero-order chi connectivity index (χ0) is 10.7. The summed E-state index contributed by atoms with van der Waals surface area (Å²) in [5.41, 5.74) is 4.11. The highest BCUT2D eigenvalue weighted by molar-refractivity contribution is 5.90. The van der Waals surface area contributed by atoms with E-state index in [4.69, 9.17) is 10.8 Å². The highest BCUT2D eigenvalue weighted by atomic mass is 19.3. The number of aromatic carboxylic acids is 1. The third-order valence-corrected chi connectivity index (χ3v) is 1.70. The van der Waals surface area contributed by atoms with Crippen LogP contribution in [0.25, 0.3) is 0 Å². The van der Waals surface area contributed by atoms with Crippen LogP contribution in [-0.4, -0.2) is 16.1 Å². The molecule has 1 aromatic rings. The highest BCUT2D eigenvalue weighted by Gasteiger charge is 2.21. The van der Waals surface area contributed by atoms with Crippen molar-refractivity contribution in [3.63, 3.8) is 0 Å². The molecule has 0 spiro atoms. The van der Waals surface area contributed by atoms with Crippen molar-refractivity contribution in [2.75, 3.05) is 0 Å². The number of alkyl halides is 2. The molecule has 0 aromatic carbocycles. The number of carbonyl (C=O) groups is 1. The van der Waals surface area contributed by atoms with Crippen LogP contribution in [0.4, 0.5) is 8.78 Å². The lowest BCUT2D eigenvalue weighted by Gasteiger charge is -2.07. The second-order valence-corrected chi connectivity index (χ2v) is 2.53. The van der Waals surface area contributed by atoms with Crippen LogP contribution in [-0.2, 0) is 6.54 Å². The van der Waals surface area contributed by atoms with E-state index in [0.717, 1.165) is 12.3 Å². The highest BCUT2D eigenvalue weighted by Crippen LogP contribution is 2.24. The van der Waals surface area contributed by atoms with Crippen molar-refractivity contribution in [3.05, 3.63) is 29.1 Å². The molecule has 0 saturated carbocycles. The number of hydrogen-bond acceptors (Lipinski definition) is 3. The first-order chi connectivity index (χ1) is 6.57. The van der Waals surface area contributed by atoms with Crippen LogP contribution in [0, 0.1) is 0 Å². The fourth-order valence-corrected chi connectivity index (χ4v) is 1.11. The number of rotatable bonds is 3. The van der Waals surface area contributed by atoms with E-state index in [0.29, 0.717) is 0 Å². The van der Waals surface area contributed by atoms with Crippen LogP contribution >= 0.6 is 0 Å². The Morgan fingerprint density at radius 3 is 2.71 bits per heavy atom. The molecular formula is C8H8F2N2O2. The number of hydrogen-bond donors (Lipinski definition) is 2. The standard InChI is InChI=1S/C8H8F2N2O2/c9-7(10)4-1-2-12-5(3-11)6(4)8(13)14/h1-2,7H,3,11H2,(H,13,14). The summed E-state index contributed by atoms with van der Waals surface area (Å²) in [6, 6.07) is 0.979. The van der Waals surface area contributed by atoms with E-state index in [2.05, 4.69) is 4.98 Å². The van der Waals surface area contributed by atoms with Gasteiger partial charge in [-0.05, 0) is 6.07 Å². The molecule has 0 radical (unpaired) electrons. The van der Waals surface area contributed by atoms with E-state index in [9.17, 15) is 13.6 Å². The lowest BCUT2D eigenvalue weighted by atomic mass is 10.1. The Labute approximate surface area is 78.4 Å². The number of carboxylic acid groups (broad SMARTS) is 1. The molecular weight excluding hydrogens is 194 g/mol. The molecule has 0 amide bonds. The zero-order valence-corrected chi connectivity index (χ0v) is 7.08. The molecule has 76 valence electrons. The van der Waals surface area contributed by atoms with Crippen LogP contribution in [0.2, 0.25) is 0 Å². The van der Waals surface area contributed by atoms with Gasteiger partial charge in [-0.3, -0.25) is 4.98 Å². The van der Waals surface area contributed by atoms with Crippen molar-refractivity contribution in [2.45, 2.75) is 13.0 Å². The van der Waals surface area contributed by atoms with Crippen LogP contribution in [0.3, 0.4) is 0 Å². The van der Waals surface area contributed by atoms with Gasteiger partial charge in [-0.25, -0.2) is 13.6 Å². The van der Waals surface area contributed by atoms with Crippen molar-refractivity contribution in [3.8, 4) is 0 Å². The lowest BCUT2D eigenvalue weighted by Crippen LogP contribution is -2.12. The first-order valence-corrected chi connectivity index (χ1v) is 3.77. The maximum absolute atomic E-state index is 12.4. The fourth-order valence-electron chi connectivity index (χ4n) is 1.11. The summed E-state index contributed by atoms with van der Waals surface area (Å²) < 4.78 is 24.7. The summed E-state index contributed by atoms with van der Waals surface area (Å²) >= 11 is 0. The van der Waals surface area contributed by atoms with E-state index in [1.165, 1.54) is 0 Å². The summed E-state index contributed by atoms with van der Waals surface area (Å²) in [4.78, 5) is 14.3. The monoisotopic (exact) mass is 202 g/mol. The molecule has 4 nitrogen and oxygen atoms in total. The molecule has 3 N–H and O–H groups in total. The second kappa shape index (κ2) is 4.10. The van der Waals surface area contributed by atoms with Crippen LogP contribution in [0.1, 0.15) is 28.0 Å². The minimum absolute atomic E-state index is 0.0321. The van der Waals surface area contributed by atoms with Crippen molar-refractivity contribution in [1.29, 1.82) is 0 Å². The average molecular weight is 202 g/mol. The fraction of sp³-hybridized carbons (Fsp3) is 0.250. The topological polar surface area (TPSA) is 76.2 Å². The Hall–Kier alpha value is -1.56. The first kappa shape index (κ1) is 10.5. The number of pyridine rings is 1. The van der Waals surface area contributed by atoms with E-state index in [1.54, 1.807) is 0 Å². The number of aromatic nitrogens is 1. The number of nitrogens with zero attached hydrogens (tertiary/aromatic N) is 1. The summed E-state index contributed by atoms with van der Waals surface area (Å²) in [7, 11) is 0. The van der Waals surface area contributed by atoms with Crippen LogP contribution < -0.4 is 5.73 Å². The molecule has 14 heavy (non-hydrogen) atoms. The van der Waals surface area contributed by atoms with Gasteiger partial charge in [0, 0.05) is 18.3 Å². The predicted molar refractivity (Wildman–Crippen MR) is 44.0 cm³/mol. The van der Waals surface area contributed by atoms with Gasteiger partial charge in [-0.2, -0.15) is 0 Å². The molecule has 0 unspecified atom stereocenters. The molecule has 1 heterocycles. The van der Waals surface area contributed by atoms with Crippen molar-refractivity contribution >= 4 is 5.97 Å². The second-order valence-electron chi connectivity index (χ2n) is 2.53. The molecule has 0 saturated heterocycles. The Morgan fingerprint density at radius 1 is 1.64 bits per heavy atom.